The third kappa shape index (κ3) is 6.53. The summed E-state index contributed by atoms with van der Waals surface area (Å²) in [7, 11) is 5.86. The molecule has 1 aliphatic rings. The Kier molecular flexibility index (Phi) is 9.09. The molecule has 2 aromatic rings. The quantitative estimate of drug-likeness (QED) is 0.482. The average molecular weight is 460 g/mol. The molecular weight excluding hydrogens is 422 g/mol. The lowest BCUT2D eigenvalue weighted by Gasteiger charge is -2.36. The van der Waals surface area contributed by atoms with Gasteiger partial charge >= 0.3 is 0 Å². The first-order valence-electron chi connectivity index (χ1n) is 11.6. The average Bonchev–Trinajstić information content (AvgIpc) is 2.79. The van der Waals surface area contributed by atoms with Crippen LogP contribution in [0.15, 0.2) is 30.3 Å². The lowest BCUT2D eigenvalue weighted by molar-refractivity contribution is 0.260. The van der Waals surface area contributed by atoms with Crippen molar-refractivity contribution < 1.29 is 9.47 Å². The molecule has 0 radical (unpaired) electrons. The van der Waals surface area contributed by atoms with Crippen LogP contribution in [-0.2, 0) is 6.42 Å². The summed E-state index contributed by atoms with van der Waals surface area (Å²) in [6.07, 6.45) is 2.12. The fraction of sp³-hybridized carbons (Fsp3) is 0.538. The maximum Gasteiger partial charge on any atom is 0.139 e. The molecule has 0 bridgehead atoms. The molecule has 0 aliphatic carbocycles. The molecule has 0 N–H and O–H groups in total. The van der Waals surface area contributed by atoms with E-state index in [0.29, 0.717) is 5.02 Å². The van der Waals surface area contributed by atoms with Gasteiger partial charge in [0.05, 0.1) is 18.7 Å². The van der Waals surface area contributed by atoms with Crippen molar-refractivity contribution in [3.63, 3.8) is 0 Å². The first-order valence-corrected chi connectivity index (χ1v) is 11.9. The molecule has 2 aromatic carbocycles. The molecule has 176 valence electrons. The van der Waals surface area contributed by atoms with E-state index in [0.717, 1.165) is 70.2 Å². The van der Waals surface area contributed by atoms with Gasteiger partial charge < -0.3 is 19.3 Å². The second-order valence-electron chi connectivity index (χ2n) is 8.88. The Bertz CT molecular complexity index is 880. The minimum atomic E-state index is 0.658. The number of hydrogen-bond donors (Lipinski definition) is 0. The largest absolute Gasteiger partial charge is 0.495 e. The minimum absolute atomic E-state index is 0.658. The van der Waals surface area contributed by atoms with Crippen LogP contribution in [0.2, 0.25) is 5.02 Å². The fourth-order valence-electron chi connectivity index (χ4n) is 4.20. The lowest BCUT2D eigenvalue weighted by Crippen LogP contribution is -2.47. The van der Waals surface area contributed by atoms with Crippen molar-refractivity contribution in [2.24, 2.45) is 0 Å². The fourth-order valence-corrected chi connectivity index (χ4v) is 4.39. The molecule has 1 saturated heterocycles. The van der Waals surface area contributed by atoms with Crippen molar-refractivity contribution in [2.75, 3.05) is 72.0 Å². The second-order valence-corrected chi connectivity index (χ2v) is 9.28. The van der Waals surface area contributed by atoms with Crippen LogP contribution < -0.4 is 14.4 Å². The first-order chi connectivity index (χ1) is 15.4. The lowest BCUT2D eigenvalue weighted by atomic mass is 9.99. The van der Waals surface area contributed by atoms with Gasteiger partial charge in [0.15, 0.2) is 0 Å². The third-order valence-electron chi connectivity index (χ3n) is 6.43. The molecule has 0 amide bonds. The number of hydrogen-bond acceptors (Lipinski definition) is 5. The van der Waals surface area contributed by atoms with Gasteiger partial charge in [-0.05, 0) is 75.7 Å². The van der Waals surface area contributed by atoms with Gasteiger partial charge in [-0.3, -0.25) is 4.90 Å². The first kappa shape index (κ1) is 24.7. The highest BCUT2D eigenvalue weighted by atomic mass is 35.5. The van der Waals surface area contributed by atoms with Crippen LogP contribution in [-0.4, -0.2) is 76.9 Å². The summed E-state index contributed by atoms with van der Waals surface area (Å²) < 4.78 is 11.4. The molecule has 0 aromatic heterocycles. The molecule has 3 rings (SSSR count). The van der Waals surface area contributed by atoms with Gasteiger partial charge in [0.25, 0.3) is 0 Å². The Morgan fingerprint density at radius 1 is 0.969 bits per heavy atom. The van der Waals surface area contributed by atoms with Crippen molar-refractivity contribution in [3.8, 4) is 11.5 Å². The highest BCUT2D eigenvalue weighted by Crippen LogP contribution is 2.30. The summed E-state index contributed by atoms with van der Waals surface area (Å²) in [6.45, 7) is 11.5. The zero-order chi connectivity index (χ0) is 23.1. The number of piperazine rings is 1. The summed E-state index contributed by atoms with van der Waals surface area (Å²) in [5.74, 6) is 1.76. The molecule has 0 spiro atoms. The molecule has 6 heteroatoms. The predicted molar refractivity (Wildman–Crippen MR) is 135 cm³/mol. The maximum atomic E-state index is 6.17. The Hall–Kier alpha value is -1.95. The molecule has 0 atom stereocenters. The molecule has 5 nitrogen and oxygen atoms in total. The van der Waals surface area contributed by atoms with E-state index in [9.17, 15) is 0 Å². The van der Waals surface area contributed by atoms with Crippen molar-refractivity contribution in [1.82, 2.24) is 9.80 Å². The summed E-state index contributed by atoms with van der Waals surface area (Å²) in [5.41, 5.74) is 5.24. The van der Waals surface area contributed by atoms with Crippen LogP contribution in [0.4, 0.5) is 5.69 Å². The third-order valence-corrected chi connectivity index (χ3v) is 6.74. The monoisotopic (exact) mass is 459 g/mol. The normalized spacial score (nSPS) is 14.8. The zero-order valence-corrected chi connectivity index (χ0v) is 21.0. The van der Waals surface area contributed by atoms with E-state index >= 15 is 0 Å². The van der Waals surface area contributed by atoms with E-state index in [4.69, 9.17) is 21.1 Å². The standard InChI is InChI=1S/C26H38ClN3O2/c1-20-21(2)25(32-18-6-12-28(3)4)10-7-22(20)11-13-29-14-16-30(17-15-29)23-8-9-24(27)26(19-23)31-5/h7-10,19H,6,11-18H2,1-5H3. The minimum Gasteiger partial charge on any atom is -0.495 e. The Balaban J connectivity index is 1.48. The Morgan fingerprint density at radius 3 is 2.41 bits per heavy atom. The summed E-state index contributed by atoms with van der Waals surface area (Å²) in [5, 5.41) is 0.658. The SMILES string of the molecule is COc1cc(N2CCN(CCc3ccc(OCCCN(C)C)c(C)c3C)CC2)ccc1Cl. The van der Waals surface area contributed by atoms with E-state index in [2.05, 4.69) is 60.8 Å². The predicted octanol–water partition coefficient (Wildman–Crippen LogP) is 4.66. The molecule has 0 unspecified atom stereocenters. The number of halogens is 1. The van der Waals surface area contributed by atoms with Crippen LogP contribution in [0.5, 0.6) is 11.5 Å². The molecular formula is C26H38ClN3O2. The van der Waals surface area contributed by atoms with Gasteiger partial charge in [0.1, 0.15) is 11.5 Å². The van der Waals surface area contributed by atoms with Gasteiger partial charge in [0, 0.05) is 51.0 Å². The van der Waals surface area contributed by atoms with E-state index in [1.54, 1.807) is 7.11 Å². The smallest absolute Gasteiger partial charge is 0.139 e. The summed E-state index contributed by atoms with van der Waals surface area (Å²) >= 11 is 6.17. The second kappa shape index (κ2) is 11.8. The van der Waals surface area contributed by atoms with E-state index in [-0.39, 0.29) is 0 Å². The van der Waals surface area contributed by atoms with Gasteiger partial charge in [-0.25, -0.2) is 0 Å². The summed E-state index contributed by atoms with van der Waals surface area (Å²) in [4.78, 5) is 7.16. The van der Waals surface area contributed by atoms with E-state index < -0.39 is 0 Å². The number of benzene rings is 2. The van der Waals surface area contributed by atoms with Crippen LogP contribution >= 0.6 is 11.6 Å². The highest BCUT2D eigenvalue weighted by Gasteiger charge is 2.18. The number of nitrogens with zero attached hydrogens (tertiary/aromatic N) is 3. The maximum absolute atomic E-state index is 6.17. The number of methoxy groups -OCH3 is 1. The van der Waals surface area contributed by atoms with Crippen LogP contribution in [0.25, 0.3) is 0 Å². The van der Waals surface area contributed by atoms with Gasteiger partial charge in [-0.2, -0.15) is 0 Å². The van der Waals surface area contributed by atoms with Crippen molar-refractivity contribution in [3.05, 3.63) is 52.0 Å². The molecule has 32 heavy (non-hydrogen) atoms. The summed E-state index contributed by atoms with van der Waals surface area (Å²) in [6, 6.07) is 10.4. The van der Waals surface area contributed by atoms with Gasteiger partial charge in [-0.1, -0.05) is 17.7 Å². The van der Waals surface area contributed by atoms with Crippen LogP contribution in [0, 0.1) is 13.8 Å². The number of ether oxygens (including phenoxy) is 2. The van der Waals surface area contributed by atoms with Gasteiger partial charge in [0.2, 0.25) is 0 Å². The molecule has 1 heterocycles. The molecule has 1 aliphatic heterocycles. The number of rotatable bonds is 10. The van der Waals surface area contributed by atoms with Crippen molar-refractivity contribution in [2.45, 2.75) is 26.7 Å². The van der Waals surface area contributed by atoms with Crippen molar-refractivity contribution in [1.29, 1.82) is 0 Å². The van der Waals surface area contributed by atoms with Crippen LogP contribution in [0.1, 0.15) is 23.1 Å². The molecule has 0 saturated carbocycles. The highest BCUT2D eigenvalue weighted by molar-refractivity contribution is 6.32. The van der Waals surface area contributed by atoms with E-state index in [1.807, 2.05) is 12.1 Å². The topological polar surface area (TPSA) is 28.2 Å². The Labute approximate surface area is 198 Å². The van der Waals surface area contributed by atoms with Crippen LogP contribution in [0.3, 0.4) is 0 Å². The Morgan fingerprint density at radius 2 is 1.72 bits per heavy atom. The van der Waals surface area contributed by atoms with Crippen molar-refractivity contribution >= 4 is 17.3 Å². The number of anilines is 1. The van der Waals surface area contributed by atoms with Gasteiger partial charge in [-0.15, -0.1) is 0 Å². The molecule has 1 fully saturated rings. The van der Waals surface area contributed by atoms with E-state index in [1.165, 1.54) is 22.4 Å². The zero-order valence-electron chi connectivity index (χ0n) is 20.3.